The lowest BCUT2D eigenvalue weighted by Gasteiger charge is -2.33. The molecule has 0 amide bonds. The molecule has 1 N–H and O–H groups in total. The minimum Gasteiger partial charge on any atom is -0.491 e. The van der Waals surface area contributed by atoms with Crippen LogP contribution in [0.15, 0.2) is 29.2 Å². The van der Waals surface area contributed by atoms with E-state index in [0.29, 0.717) is 5.75 Å². The van der Waals surface area contributed by atoms with Crippen molar-refractivity contribution in [1.82, 2.24) is 4.31 Å². The monoisotopic (exact) mass is 285 g/mol. The Kier molecular flexibility index (Phi) is 4.44. The smallest absolute Gasteiger partial charge is 0.243 e. The number of nitrogens with zero attached hydrogens (tertiary/aromatic N) is 1. The maximum atomic E-state index is 12.3. The molecule has 0 atom stereocenters. The average Bonchev–Trinajstić information content (AvgIpc) is 2.34. The van der Waals surface area contributed by atoms with Crippen LogP contribution in [-0.4, -0.2) is 44.1 Å². The maximum Gasteiger partial charge on any atom is 0.243 e. The van der Waals surface area contributed by atoms with Crippen molar-refractivity contribution >= 4 is 10.0 Å². The third kappa shape index (κ3) is 3.08. The number of ether oxygens (including phenoxy) is 1. The topological polar surface area (TPSA) is 66.8 Å². The normalized spacial score (nSPS) is 16.4. The van der Waals surface area contributed by atoms with Crippen molar-refractivity contribution in [3.8, 4) is 5.75 Å². The quantitative estimate of drug-likeness (QED) is 0.853. The van der Waals surface area contributed by atoms with Crippen LogP contribution in [-0.2, 0) is 10.0 Å². The van der Waals surface area contributed by atoms with Crippen molar-refractivity contribution in [3.05, 3.63) is 24.3 Å². The number of benzene rings is 1. The Bertz CT molecular complexity index is 508. The van der Waals surface area contributed by atoms with Crippen molar-refractivity contribution in [2.45, 2.75) is 30.2 Å². The Labute approximate surface area is 113 Å². The molecule has 0 aromatic heterocycles. The molecule has 1 aliphatic carbocycles. The van der Waals surface area contributed by atoms with Gasteiger partial charge in [0.05, 0.1) is 11.5 Å². The molecule has 0 bridgehead atoms. The molecule has 19 heavy (non-hydrogen) atoms. The number of sulfonamides is 1. The van der Waals surface area contributed by atoms with E-state index in [1.54, 1.807) is 19.2 Å². The number of aliphatic hydroxyl groups is 1. The summed E-state index contributed by atoms with van der Waals surface area (Å²) in [5, 5.41) is 8.65. The van der Waals surface area contributed by atoms with E-state index >= 15 is 0 Å². The molecule has 1 aromatic carbocycles. The molecule has 0 unspecified atom stereocenters. The second-order valence-corrected chi connectivity index (χ2v) is 6.65. The summed E-state index contributed by atoms with van der Waals surface area (Å²) >= 11 is 0. The molecule has 5 nitrogen and oxygen atoms in total. The zero-order chi connectivity index (χ0) is 13.9. The lowest BCUT2D eigenvalue weighted by Crippen LogP contribution is -2.41. The molecule has 0 aliphatic heterocycles. The van der Waals surface area contributed by atoms with Crippen LogP contribution in [0.4, 0.5) is 0 Å². The van der Waals surface area contributed by atoms with Crippen LogP contribution in [0.3, 0.4) is 0 Å². The largest absolute Gasteiger partial charge is 0.491 e. The van der Waals surface area contributed by atoms with E-state index in [4.69, 9.17) is 9.84 Å². The summed E-state index contributed by atoms with van der Waals surface area (Å²) in [5.41, 5.74) is 0. The molecule has 1 saturated carbocycles. The van der Waals surface area contributed by atoms with E-state index in [1.807, 2.05) is 0 Å². The molecule has 1 aromatic rings. The highest BCUT2D eigenvalue weighted by molar-refractivity contribution is 7.89. The predicted octanol–water partition coefficient (Wildman–Crippen LogP) is 1.23. The van der Waals surface area contributed by atoms with Crippen molar-refractivity contribution in [3.63, 3.8) is 0 Å². The summed E-state index contributed by atoms with van der Waals surface area (Å²) in [7, 11) is -1.77. The summed E-state index contributed by atoms with van der Waals surface area (Å²) in [6.45, 7) is 0.137. The summed E-state index contributed by atoms with van der Waals surface area (Å²) < 4.78 is 31.3. The van der Waals surface area contributed by atoms with Gasteiger partial charge >= 0.3 is 0 Å². The van der Waals surface area contributed by atoms with Crippen molar-refractivity contribution in [1.29, 1.82) is 0 Å². The molecule has 0 spiro atoms. The van der Waals surface area contributed by atoms with Crippen LogP contribution in [0.5, 0.6) is 5.75 Å². The predicted molar refractivity (Wildman–Crippen MR) is 71.6 cm³/mol. The third-order valence-electron chi connectivity index (χ3n) is 3.45. The van der Waals surface area contributed by atoms with Gasteiger partial charge in [-0.25, -0.2) is 8.42 Å². The van der Waals surface area contributed by atoms with Crippen LogP contribution in [0.25, 0.3) is 0 Å². The summed E-state index contributed by atoms with van der Waals surface area (Å²) in [6.07, 6.45) is 2.97. The van der Waals surface area contributed by atoms with E-state index in [9.17, 15) is 8.42 Å². The highest BCUT2D eigenvalue weighted by Crippen LogP contribution is 2.28. The molecule has 1 fully saturated rings. The van der Waals surface area contributed by atoms with Crippen LogP contribution in [0, 0.1) is 0 Å². The van der Waals surface area contributed by atoms with Crippen LogP contribution in [0.1, 0.15) is 19.3 Å². The van der Waals surface area contributed by atoms with Crippen LogP contribution >= 0.6 is 0 Å². The fourth-order valence-electron chi connectivity index (χ4n) is 1.98. The minimum atomic E-state index is -3.41. The molecule has 0 radical (unpaired) electrons. The van der Waals surface area contributed by atoms with E-state index in [-0.39, 0.29) is 24.2 Å². The molecule has 0 saturated heterocycles. The maximum absolute atomic E-state index is 12.3. The number of hydrogen-bond acceptors (Lipinski definition) is 4. The van der Waals surface area contributed by atoms with Gasteiger partial charge < -0.3 is 9.84 Å². The lowest BCUT2D eigenvalue weighted by atomic mass is 9.94. The second kappa shape index (κ2) is 5.90. The van der Waals surface area contributed by atoms with Crippen LogP contribution < -0.4 is 4.74 Å². The van der Waals surface area contributed by atoms with Gasteiger partial charge in [-0.1, -0.05) is 6.42 Å². The summed E-state index contributed by atoms with van der Waals surface area (Å²) in [4.78, 5) is 0.276. The molecule has 0 heterocycles. The summed E-state index contributed by atoms with van der Waals surface area (Å²) in [5.74, 6) is 0.555. The first kappa shape index (κ1) is 14.3. The van der Waals surface area contributed by atoms with Crippen molar-refractivity contribution < 1.29 is 18.3 Å². The van der Waals surface area contributed by atoms with E-state index in [0.717, 1.165) is 19.3 Å². The van der Waals surface area contributed by atoms with E-state index in [2.05, 4.69) is 0 Å². The Morgan fingerprint density at radius 1 is 1.32 bits per heavy atom. The fraction of sp³-hybridized carbons (Fsp3) is 0.538. The third-order valence-corrected chi connectivity index (χ3v) is 5.37. The highest BCUT2D eigenvalue weighted by Gasteiger charge is 2.31. The molecular weight excluding hydrogens is 266 g/mol. The Balaban J connectivity index is 2.11. The van der Waals surface area contributed by atoms with Gasteiger partial charge in [-0.05, 0) is 37.1 Å². The molecule has 1 aliphatic rings. The van der Waals surface area contributed by atoms with Gasteiger partial charge in [-0.15, -0.1) is 0 Å². The van der Waals surface area contributed by atoms with Gasteiger partial charge in [0.15, 0.2) is 0 Å². The first-order valence-electron chi connectivity index (χ1n) is 6.37. The van der Waals surface area contributed by atoms with Gasteiger partial charge in [0.25, 0.3) is 0 Å². The zero-order valence-electron chi connectivity index (χ0n) is 10.9. The minimum absolute atomic E-state index is 0.0650. The van der Waals surface area contributed by atoms with Crippen LogP contribution in [0.2, 0.25) is 0 Å². The molecular formula is C13H19NO4S. The Morgan fingerprint density at radius 3 is 2.42 bits per heavy atom. The zero-order valence-corrected chi connectivity index (χ0v) is 11.8. The first-order chi connectivity index (χ1) is 9.05. The fourth-order valence-corrected chi connectivity index (χ4v) is 3.40. The standard InChI is InChI=1S/C13H19NO4S/c1-14(11-3-2-4-11)19(16,17)13-7-5-12(6-8-13)18-10-9-15/h5-8,11,15H,2-4,9-10H2,1H3. The molecule has 6 heteroatoms. The van der Waals surface area contributed by atoms with E-state index in [1.165, 1.54) is 16.4 Å². The van der Waals surface area contributed by atoms with Gasteiger partial charge in [0.2, 0.25) is 10.0 Å². The first-order valence-corrected chi connectivity index (χ1v) is 7.81. The molecule has 2 rings (SSSR count). The van der Waals surface area contributed by atoms with E-state index < -0.39 is 10.0 Å². The number of rotatable bonds is 6. The number of aliphatic hydroxyl groups excluding tert-OH is 1. The highest BCUT2D eigenvalue weighted by atomic mass is 32.2. The SMILES string of the molecule is CN(C1CCC1)S(=O)(=O)c1ccc(OCCO)cc1. The van der Waals surface area contributed by atoms with Crippen molar-refractivity contribution in [2.24, 2.45) is 0 Å². The summed E-state index contributed by atoms with van der Waals surface area (Å²) in [6, 6.07) is 6.43. The molecule has 106 valence electrons. The average molecular weight is 285 g/mol. The Hall–Kier alpha value is -1.11. The lowest BCUT2D eigenvalue weighted by molar-refractivity contribution is 0.201. The number of hydrogen-bond donors (Lipinski definition) is 1. The van der Waals surface area contributed by atoms with Gasteiger partial charge in [0.1, 0.15) is 12.4 Å². The van der Waals surface area contributed by atoms with Gasteiger partial charge in [0, 0.05) is 13.1 Å². The Morgan fingerprint density at radius 2 is 1.95 bits per heavy atom. The second-order valence-electron chi connectivity index (χ2n) is 4.65. The van der Waals surface area contributed by atoms with Crippen molar-refractivity contribution in [2.75, 3.05) is 20.3 Å². The van der Waals surface area contributed by atoms with Gasteiger partial charge in [-0.3, -0.25) is 0 Å². The van der Waals surface area contributed by atoms with Gasteiger partial charge in [-0.2, -0.15) is 4.31 Å².